The molecular formula is C27H27FN3. The third kappa shape index (κ3) is 3.95. The molecule has 1 aliphatic carbocycles. The second-order valence-electron chi connectivity index (χ2n) is 8.68. The van der Waals surface area contributed by atoms with Crippen LogP contribution in [-0.4, -0.2) is 28.7 Å². The Kier molecular flexibility index (Phi) is 5.01. The van der Waals surface area contributed by atoms with Crippen LogP contribution >= 0.6 is 0 Å². The van der Waals surface area contributed by atoms with E-state index in [-0.39, 0.29) is 5.82 Å². The number of aromatic nitrogens is 1. The first-order valence-electron chi connectivity index (χ1n) is 10.9. The van der Waals surface area contributed by atoms with Gasteiger partial charge in [0.2, 0.25) is 0 Å². The molecule has 1 fully saturated rings. The number of hydrogen-bond donors (Lipinski definition) is 1. The zero-order valence-corrected chi connectivity index (χ0v) is 18.1. The fourth-order valence-electron chi connectivity index (χ4n) is 4.55. The lowest BCUT2D eigenvalue weighted by atomic mass is 9.90. The van der Waals surface area contributed by atoms with Gasteiger partial charge in [-0.3, -0.25) is 4.99 Å². The first-order chi connectivity index (χ1) is 15.0. The molecule has 0 spiro atoms. The van der Waals surface area contributed by atoms with Crippen molar-refractivity contribution in [2.45, 2.75) is 26.7 Å². The maximum atomic E-state index is 13.5. The zero-order valence-electron chi connectivity index (χ0n) is 18.1. The summed E-state index contributed by atoms with van der Waals surface area (Å²) in [6.45, 7) is 10.4. The van der Waals surface area contributed by atoms with Crippen molar-refractivity contribution in [1.82, 2.24) is 9.88 Å². The number of likely N-dealkylation sites (tertiary alicyclic amines) is 1. The van der Waals surface area contributed by atoms with Crippen LogP contribution in [0.4, 0.5) is 10.1 Å². The SMILES string of the molecule is C=C(C)N1CCC(C(=Nc2ccc(-c3c[nH]c4cc(F)ccc34)cc2C)C2=C[CH]2)CC1. The summed E-state index contributed by atoms with van der Waals surface area (Å²) in [6, 6.07) is 11.3. The molecule has 0 bridgehead atoms. The lowest BCUT2D eigenvalue weighted by molar-refractivity contribution is 0.261. The molecule has 0 unspecified atom stereocenters. The summed E-state index contributed by atoms with van der Waals surface area (Å²) < 4.78 is 13.5. The van der Waals surface area contributed by atoms with E-state index in [1.54, 1.807) is 0 Å². The molecule has 4 heteroatoms. The summed E-state index contributed by atoms with van der Waals surface area (Å²) in [7, 11) is 0. The van der Waals surface area contributed by atoms with Crippen molar-refractivity contribution in [3.63, 3.8) is 0 Å². The van der Waals surface area contributed by atoms with Crippen molar-refractivity contribution in [1.29, 1.82) is 0 Å². The van der Waals surface area contributed by atoms with E-state index < -0.39 is 0 Å². The average Bonchev–Trinajstić information content (AvgIpc) is 3.52. The van der Waals surface area contributed by atoms with Crippen LogP contribution in [0.25, 0.3) is 22.0 Å². The van der Waals surface area contributed by atoms with Crippen LogP contribution < -0.4 is 0 Å². The summed E-state index contributed by atoms with van der Waals surface area (Å²) in [5.41, 5.74) is 8.84. The lowest BCUT2D eigenvalue weighted by Gasteiger charge is -2.34. The minimum Gasteiger partial charge on any atom is -0.375 e. The number of rotatable bonds is 5. The van der Waals surface area contributed by atoms with Gasteiger partial charge in [0.1, 0.15) is 5.82 Å². The number of allylic oxidation sites excluding steroid dienone is 3. The lowest BCUT2D eigenvalue weighted by Crippen LogP contribution is -2.34. The van der Waals surface area contributed by atoms with E-state index in [1.165, 1.54) is 23.4 Å². The van der Waals surface area contributed by atoms with Gasteiger partial charge in [0.15, 0.2) is 0 Å². The molecule has 0 atom stereocenters. The number of H-pyrrole nitrogens is 1. The Balaban J connectivity index is 1.43. The van der Waals surface area contributed by atoms with E-state index >= 15 is 0 Å². The molecule has 3 nitrogen and oxygen atoms in total. The van der Waals surface area contributed by atoms with Crippen molar-refractivity contribution in [3.05, 3.63) is 84.3 Å². The topological polar surface area (TPSA) is 31.4 Å². The molecule has 31 heavy (non-hydrogen) atoms. The molecule has 2 aliphatic rings. The van der Waals surface area contributed by atoms with Gasteiger partial charge < -0.3 is 9.88 Å². The maximum Gasteiger partial charge on any atom is 0.125 e. The number of aromatic amines is 1. The number of nitrogens with one attached hydrogen (secondary N) is 1. The summed E-state index contributed by atoms with van der Waals surface area (Å²) >= 11 is 0. The number of hydrogen-bond acceptors (Lipinski definition) is 2. The van der Waals surface area contributed by atoms with Crippen LogP contribution in [0.2, 0.25) is 0 Å². The van der Waals surface area contributed by atoms with Crippen molar-refractivity contribution < 1.29 is 4.39 Å². The van der Waals surface area contributed by atoms with Crippen LogP contribution in [0.3, 0.4) is 0 Å². The smallest absolute Gasteiger partial charge is 0.125 e. The normalized spacial score (nSPS) is 17.2. The first kappa shape index (κ1) is 19.8. The highest BCUT2D eigenvalue weighted by Gasteiger charge is 2.28. The van der Waals surface area contributed by atoms with E-state index in [2.05, 4.69) is 61.0 Å². The second-order valence-corrected chi connectivity index (χ2v) is 8.68. The number of halogens is 1. The number of aryl methyl sites for hydroxylation is 1. The standard InChI is InChI=1S/C27H27FN3/c1-17(2)31-12-10-20(11-13-31)27(19-4-5-19)30-25-9-6-21(14-18(25)3)24-16-29-26-15-22(28)7-8-23(24)26/h4-9,14-16,20,29H,1,10-13H2,2-3H3. The quantitative estimate of drug-likeness (QED) is 0.462. The summed E-state index contributed by atoms with van der Waals surface area (Å²) in [5, 5.41) is 1.03. The largest absolute Gasteiger partial charge is 0.375 e. The van der Waals surface area contributed by atoms with E-state index in [1.807, 2.05) is 12.3 Å². The minimum absolute atomic E-state index is 0.227. The second kappa shape index (κ2) is 7.84. The van der Waals surface area contributed by atoms with Gasteiger partial charge in [-0.25, -0.2) is 4.39 Å². The maximum absolute atomic E-state index is 13.5. The Morgan fingerprint density at radius 2 is 1.94 bits per heavy atom. The van der Waals surface area contributed by atoms with Crippen LogP contribution in [0.1, 0.15) is 25.3 Å². The van der Waals surface area contributed by atoms with Crippen molar-refractivity contribution in [3.8, 4) is 11.1 Å². The third-order valence-corrected chi connectivity index (χ3v) is 6.44. The highest BCUT2D eigenvalue weighted by Crippen LogP contribution is 2.35. The van der Waals surface area contributed by atoms with Gasteiger partial charge >= 0.3 is 0 Å². The number of aliphatic imine (C=N–C) groups is 1. The monoisotopic (exact) mass is 412 g/mol. The highest BCUT2D eigenvalue weighted by molar-refractivity contribution is 6.09. The van der Waals surface area contributed by atoms with Crippen LogP contribution in [0, 0.1) is 25.1 Å². The van der Waals surface area contributed by atoms with Gasteiger partial charge in [0, 0.05) is 59.5 Å². The molecule has 5 rings (SSSR count). The zero-order chi connectivity index (χ0) is 21.5. The molecule has 1 radical (unpaired) electrons. The van der Waals surface area contributed by atoms with Crippen LogP contribution in [0.5, 0.6) is 0 Å². The van der Waals surface area contributed by atoms with Gasteiger partial charge in [0.25, 0.3) is 0 Å². The molecule has 0 saturated carbocycles. The van der Waals surface area contributed by atoms with E-state index in [0.29, 0.717) is 5.92 Å². The Labute approximate surface area is 183 Å². The van der Waals surface area contributed by atoms with Gasteiger partial charge in [-0.15, -0.1) is 0 Å². The van der Waals surface area contributed by atoms with Gasteiger partial charge in [-0.1, -0.05) is 18.7 Å². The van der Waals surface area contributed by atoms with Crippen molar-refractivity contribution in [2.75, 3.05) is 13.1 Å². The number of benzene rings is 2. The van der Waals surface area contributed by atoms with Crippen LogP contribution in [0.15, 0.2) is 71.5 Å². The molecule has 1 aromatic heterocycles. The Hall–Kier alpha value is -3.14. The van der Waals surface area contributed by atoms with Crippen LogP contribution in [-0.2, 0) is 0 Å². The third-order valence-electron chi connectivity index (χ3n) is 6.44. The summed E-state index contributed by atoms with van der Waals surface area (Å²) in [4.78, 5) is 10.7. The molecule has 157 valence electrons. The van der Waals surface area contributed by atoms with Gasteiger partial charge in [0.05, 0.1) is 5.69 Å². The molecule has 0 amide bonds. The fraction of sp³-hybridized carbons (Fsp3) is 0.259. The molecule has 2 heterocycles. The predicted molar refractivity (Wildman–Crippen MR) is 127 cm³/mol. The Bertz CT molecular complexity index is 1220. The van der Waals surface area contributed by atoms with Gasteiger partial charge in [-0.2, -0.15) is 0 Å². The predicted octanol–water partition coefficient (Wildman–Crippen LogP) is 6.74. The fourth-order valence-corrected chi connectivity index (χ4v) is 4.55. The average molecular weight is 413 g/mol. The highest BCUT2D eigenvalue weighted by atomic mass is 19.1. The van der Waals surface area contributed by atoms with E-state index in [4.69, 9.17) is 4.99 Å². The molecular weight excluding hydrogens is 385 g/mol. The molecule has 1 aliphatic heterocycles. The first-order valence-corrected chi connectivity index (χ1v) is 10.9. The molecule has 1 saturated heterocycles. The van der Waals surface area contributed by atoms with E-state index in [9.17, 15) is 4.39 Å². The van der Waals surface area contributed by atoms with Crippen molar-refractivity contribution in [2.24, 2.45) is 10.9 Å². The summed E-state index contributed by atoms with van der Waals surface area (Å²) in [5.74, 6) is 0.262. The molecule has 3 aromatic rings. The Morgan fingerprint density at radius 3 is 2.61 bits per heavy atom. The molecule has 1 N–H and O–H groups in total. The van der Waals surface area contributed by atoms with E-state index in [0.717, 1.165) is 64.9 Å². The Morgan fingerprint density at radius 1 is 1.16 bits per heavy atom. The number of fused-ring (bicyclic) bond motifs is 1. The summed E-state index contributed by atoms with van der Waals surface area (Å²) in [6.07, 6.45) is 8.50. The number of piperidine rings is 1. The van der Waals surface area contributed by atoms with Crippen molar-refractivity contribution >= 4 is 22.3 Å². The molecule has 2 aromatic carbocycles. The minimum atomic E-state index is -0.227. The van der Waals surface area contributed by atoms with Gasteiger partial charge in [-0.05, 0) is 73.7 Å². The number of nitrogens with zero attached hydrogens (tertiary/aromatic N) is 2.